The topological polar surface area (TPSA) is 104 Å². The predicted molar refractivity (Wildman–Crippen MR) is 85.0 cm³/mol. The number of rotatable bonds is 9. The van der Waals surface area contributed by atoms with E-state index >= 15 is 0 Å². The molecule has 2 aromatic rings. The number of para-hydroxylation sites is 2. The Morgan fingerprint density at radius 2 is 2.08 bits per heavy atom. The fourth-order valence-corrected chi connectivity index (χ4v) is 1.96. The van der Waals surface area contributed by atoms with Crippen LogP contribution >= 0.6 is 0 Å². The molecule has 0 saturated carbocycles. The maximum atomic E-state index is 11.9. The Morgan fingerprint density at radius 3 is 2.83 bits per heavy atom. The molecule has 24 heavy (non-hydrogen) atoms. The summed E-state index contributed by atoms with van der Waals surface area (Å²) >= 11 is 0. The van der Waals surface area contributed by atoms with Gasteiger partial charge in [-0.3, -0.25) is 14.9 Å². The molecule has 0 unspecified atom stereocenters. The lowest BCUT2D eigenvalue weighted by Gasteiger charge is -2.05. The third kappa shape index (κ3) is 4.82. The van der Waals surface area contributed by atoms with Crippen molar-refractivity contribution in [1.29, 1.82) is 0 Å². The van der Waals surface area contributed by atoms with Gasteiger partial charge in [-0.2, -0.15) is 0 Å². The SMILES string of the molecule is COCCCNC(=O)c1ccc(COc2ccccc2[N+](=O)[O-])o1. The lowest BCUT2D eigenvalue weighted by Crippen LogP contribution is -2.24. The summed E-state index contributed by atoms with van der Waals surface area (Å²) in [5.41, 5.74) is -0.125. The minimum Gasteiger partial charge on any atom is -0.479 e. The molecule has 0 bridgehead atoms. The lowest BCUT2D eigenvalue weighted by atomic mass is 10.3. The van der Waals surface area contributed by atoms with Crippen molar-refractivity contribution in [3.63, 3.8) is 0 Å². The summed E-state index contributed by atoms with van der Waals surface area (Å²) in [5, 5.41) is 13.6. The second-order valence-electron chi connectivity index (χ2n) is 4.88. The number of furan rings is 1. The molecule has 1 heterocycles. The molecule has 1 amide bonds. The van der Waals surface area contributed by atoms with Crippen molar-refractivity contribution >= 4 is 11.6 Å². The molecule has 1 N–H and O–H groups in total. The van der Waals surface area contributed by atoms with Gasteiger partial charge < -0.3 is 19.2 Å². The van der Waals surface area contributed by atoms with Crippen molar-refractivity contribution in [3.05, 3.63) is 58.0 Å². The van der Waals surface area contributed by atoms with E-state index in [1.165, 1.54) is 18.2 Å². The van der Waals surface area contributed by atoms with Crippen molar-refractivity contribution in [2.24, 2.45) is 0 Å². The van der Waals surface area contributed by atoms with E-state index in [-0.39, 0.29) is 29.7 Å². The number of ether oxygens (including phenoxy) is 2. The first-order chi connectivity index (χ1) is 11.6. The van der Waals surface area contributed by atoms with Gasteiger partial charge in [0.15, 0.2) is 11.5 Å². The summed E-state index contributed by atoms with van der Waals surface area (Å²) in [7, 11) is 1.59. The second-order valence-corrected chi connectivity index (χ2v) is 4.88. The molecule has 0 aliphatic heterocycles. The Kier molecular flexibility index (Phi) is 6.32. The quantitative estimate of drug-likeness (QED) is 0.429. The van der Waals surface area contributed by atoms with Crippen molar-refractivity contribution in [2.75, 3.05) is 20.3 Å². The van der Waals surface area contributed by atoms with E-state index in [1.54, 1.807) is 25.3 Å². The Labute approximate surface area is 138 Å². The number of benzene rings is 1. The summed E-state index contributed by atoms with van der Waals surface area (Å²) in [6.45, 7) is 1.03. The number of carbonyl (C=O) groups excluding carboxylic acids is 1. The third-order valence-electron chi connectivity index (χ3n) is 3.13. The zero-order chi connectivity index (χ0) is 17.4. The van der Waals surface area contributed by atoms with Gasteiger partial charge in [0.2, 0.25) is 0 Å². The highest BCUT2D eigenvalue weighted by Crippen LogP contribution is 2.26. The van der Waals surface area contributed by atoms with Crippen molar-refractivity contribution in [2.45, 2.75) is 13.0 Å². The Bertz CT molecular complexity index is 697. The van der Waals surface area contributed by atoms with Crippen molar-refractivity contribution in [3.8, 4) is 5.75 Å². The van der Waals surface area contributed by atoms with E-state index in [1.807, 2.05) is 0 Å². The Balaban J connectivity index is 1.90. The van der Waals surface area contributed by atoms with Crippen molar-refractivity contribution < 1.29 is 23.6 Å². The molecule has 1 aromatic carbocycles. The standard InChI is InChI=1S/C16H18N2O6/c1-22-10-4-9-17-16(19)15-8-7-12(24-15)11-23-14-6-3-2-5-13(14)18(20)21/h2-3,5-8H,4,9-11H2,1H3,(H,17,19). The summed E-state index contributed by atoms with van der Waals surface area (Å²) < 4.78 is 15.7. The number of methoxy groups -OCH3 is 1. The molecular weight excluding hydrogens is 316 g/mol. The first-order valence-corrected chi connectivity index (χ1v) is 7.34. The molecule has 2 rings (SSSR count). The molecule has 8 nitrogen and oxygen atoms in total. The van der Waals surface area contributed by atoms with E-state index in [4.69, 9.17) is 13.9 Å². The molecule has 0 radical (unpaired) electrons. The molecule has 0 saturated heterocycles. The van der Waals surface area contributed by atoms with E-state index in [0.29, 0.717) is 25.3 Å². The summed E-state index contributed by atoms with van der Waals surface area (Å²) in [4.78, 5) is 22.3. The van der Waals surface area contributed by atoms with Crippen LogP contribution in [0.4, 0.5) is 5.69 Å². The number of carbonyl (C=O) groups is 1. The minimum absolute atomic E-state index is 0.0121. The zero-order valence-electron chi connectivity index (χ0n) is 13.2. The number of nitro benzene ring substituents is 1. The molecule has 0 fully saturated rings. The lowest BCUT2D eigenvalue weighted by molar-refractivity contribution is -0.386. The molecular formula is C16H18N2O6. The van der Waals surface area contributed by atoms with Gasteiger partial charge in [0.1, 0.15) is 12.4 Å². The Morgan fingerprint density at radius 1 is 1.29 bits per heavy atom. The first kappa shape index (κ1) is 17.5. The zero-order valence-corrected chi connectivity index (χ0v) is 13.2. The van der Waals surface area contributed by atoms with Crippen LogP contribution in [0.5, 0.6) is 5.75 Å². The second kappa shape index (κ2) is 8.68. The number of nitrogens with zero attached hydrogens (tertiary/aromatic N) is 1. The number of hydrogen-bond acceptors (Lipinski definition) is 6. The summed E-state index contributed by atoms with van der Waals surface area (Å²) in [6.07, 6.45) is 0.705. The van der Waals surface area contributed by atoms with Crippen LogP contribution < -0.4 is 10.1 Å². The van der Waals surface area contributed by atoms with Gasteiger partial charge in [-0.1, -0.05) is 12.1 Å². The van der Waals surface area contributed by atoms with Crippen LogP contribution in [0.25, 0.3) is 0 Å². The average Bonchev–Trinajstić information content (AvgIpc) is 3.06. The molecule has 8 heteroatoms. The van der Waals surface area contributed by atoms with Crippen molar-refractivity contribution in [1.82, 2.24) is 5.32 Å². The highest BCUT2D eigenvalue weighted by molar-refractivity contribution is 5.91. The van der Waals surface area contributed by atoms with Crippen LogP contribution in [-0.2, 0) is 11.3 Å². The average molecular weight is 334 g/mol. The number of amides is 1. The summed E-state index contributed by atoms with van der Waals surface area (Å²) in [5.74, 6) is 0.372. The van der Waals surface area contributed by atoms with Gasteiger partial charge in [0, 0.05) is 26.3 Å². The summed E-state index contributed by atoms with van der Waals surface area (Å²) in [6, 6.07) is 9.19. The third-order valence-corrected chi connectivity index (χ3v) is 3.13. The molecule has 0 atom stereocenters. The van der Waals surface area contributed by atoms with E-state index in [2.05, 4.69) is 5.32 Å². The van der Waals surface area contributed by atoms with Gasteiger partial charge in [0.25, 0.3) is 5.91 Å². The van der Waals surface area contributed by atoms with Crippen LogP contribution in [0, 0.1) is 10.1 Å². The monoisotopic (exact) mass is 334 g/mol. The number of hydrogen-bond donors (Lipinski definition) is 1. The maximum absolute atomic E-state index is 11.9. The molecule has 0 aliphatic carbocycles. The highest BCUT2D eigenvalue weighted by atomic mass is 16.6. The minimum atomic E-state index is -0.517. The first-order valence-electron chi connectivity index (χ1n) is 7.34. The molecule has 0 spiro atoms. The van der Waals surface area contributed by atoms with Gasteiger partial charge in [-0.25, -0.2) is 0 Å². The highest BCUT2D eigenvalue weighted by Gasteiger charge is 2.15. The fourth-order valence-electron chi connectivity index (χ4n) is 1.96. The van der Waals surface area contributed by atoms with E-state index in [0.717, 1.165) is 0 Å². The normalized spacial score (nSPS) is 10.4. The molecule has 128 valence electrons. The van der Waals surface area contributed by atoms with E-state index < -0.39 is 4.92 Å². The predicted octanol–water partition coefficient (Wildman–Crippen LogP) is 2.53. The van der Waals surface area contributed by atoms with Gasteiger partial charge in [-0.15, -0.1) is 0 Å². The fraction of sp³-hybridized carbons (Fsp3) is 0.312. The number of nitro groups is 1. The van der Waals surface area contributed by atoms with Gasteiger partial charge >= 0.3 is 5.69 Å². The van der Waals surface area contributed by atoms with Crippen LogP contribution in [-0.4, -0.2) is 31.1 Å². The molecule has 1 aromatic heterocycles. The van der Waals surface area contributed by atoms with Crippen LogP contribution in [0.2, 0.25) is 0 Å². The Hall–Kier alpha value is -2.87. The van der Waals surface area contributed by atoms with Crippen LogP contribution in [0.15, 0.2) is 40.8 Å². The smallest absolute Gasteiger partial charge is 0.310 e. The van der Waals surface area contributed by atoms with Gasteiger partial charge in [-0.05, 0) is 24.6 Å². The van der Waals surface area contributed by atoms with Crippen LogP contribution in [0.3, 0.4) is 0 Å². The largest absolute Gasteiger partial charge is 0.479 e. The number of nitrogens with one attached hydrogen (secondary N) is 1. The molecule has 0 aliphatic rings. The van der Waals surface area contributed by atoms with E-state index in [9.17, 15) is 14.9 Å². The maximum Gasteiger partial charge on any atom is 0.310 e. The van der Waals surface area contributed by atoms with Crippen LogP contribution in [0.1, 0.15) is 22.7 Å². The van der Waals surface area contributed by atoms with Gasteiger partial charge in [0.05, 0.1) is 4.92 Å².